The van der Waals surface area contributed by atoms with Crippen molar-refractivity contribution in [3.8, 4) is 5.75 Å². The summed E-state index contributed by atoms with van der Waals surface area (Å²) >= 11 is 1.59. The number of carbonyl (C=O) groups is 2. The van der Waals surface area contributed by atoms with E-state index in [2.05, 4.69) is 19.1 Å². The highest BCUT2D eigenvalue weighted by Crippen LogP contribution is 2.63. The normalized spacial score (nSPS) is 35.2. The lowest BCUT2D eigenvalue weighted by atomic mass is 9.56. The van der Waals surface area contributed by atoms with Crippen LogP contribution in [-0.4, -0.2) is 16.3 Å². The molecule has 0 heterocycles. The maximum absolute atomic E-state index is 11.7. The molecule has 5 atom stereocenters. The van der Waals surface area contributed by atoms with Gasteiger partial charge in [0, 0.05) is 19.1 Å². The van der Waals surface area contributed by atoms with Crippen LogP contribution in [0.4, 0.5) is 0 Å². The minimum atomic E-state index is -0.257. The van der Waals surface area contributed by atoms with Crippen LogP contribution in [0, 0.1) is 17.3 Å². The molecule has 140 valence electrons. The van der Waals surface area contributed by atoms with Crippen molar-refractivity contribution < 1.29 is 14.3 Å². The highest BCUT2D eigenvalue weighted by atomic mass is 32.2. The van der Waals surface area contributed by atoms with Crippen LogP contribution in [0.15, 0.2) is 18.2 Å². The van der Waals surface area contributed by atoms with Crippen LogP contribution >= 0.6 is 11.8 Å². The standard InChI is InChI=1S/C22H28O3S/c1-13(23)25-16-5-7-17-15(12-16)4-6-19-18(17)10-11-22(3)20(19)8-9-21(22)26-14(2)24/h5,7,12,18-21H,4,6,8-11H2,1-3H3/t18-,19-,20+,21-,22+/m0/s1. The number of esters is 1. The van der Waals surface area contributed by atoms with E-state index in [9.17, 15) is 9.59 Å². The molecule has 1 aromatic carbocycles. The molecule has 0 spiro atoms. The van der Waals surface area contributed by atoms with Crippen molar-refractivity contribution >= 4 is 22.8 Å². The van der Waals surface area contributed by atoms with Crippen molar-refractivity contribution in [1.29, 1.82) is 0 Å². The molecule has 0 N–H and O–H groups in total. The van der Waals surface area contributed by atoms with Crippen molar-refractivity contribution in [2.24, 2.45) is 17.3 Å². The zero-order valence-electron chi connectivity index (χ0n) is 15.9. The fourth-order valence-corrected chi connectivity index (χ4v) is 7.35. The van der Waals surface area contributed by atoms with Gasteiger partial charge >= 0.3 is 5.97 Å². The van der Waals surface area contributed by atoms with Crippen LogP contribution in [0.2, 0.25) is 0 Å². The number of aryl methyl sites for hydroxylation is 1. The quantitative estimate of drug-likeness (QED) is 0.534. The van der Waals surface area contributed by atoms with Crippen molar-refractivity contribution in [2.75, 3.05) is 0 Å². The number of thioether (sulfide) groups is 1. The lowest BCUT2D eigenvalue weighted by Gasteiger charge is -2.50. The summed E-state index contributed by atoms with van der Waals surface area (Å²) in [6, 6.07) is 6.23. The molecule has 4 heteroatoms. The van der Waals surface area contributed by atoms with Gasteiger partial charge in [-0.15, -0.1) is 0 Å². The molecule has 2 saturated carbocycles. The van der Waals surface area contributed by atoms with Gasteiger partial charge in [-0.05, 0) is 85.0 Å². The SMILES string of the molecule is CC(=O)Oc1ccc2c(c1)CC[C@@H]1[C@H]3CC[C@H](SC(C)=O)[C@]3(C)CC[C@@H]21. The van der Waals surface area contributed by atoms with Gasteiger partial charge in [0.1, 0.15) is 5.75 Å². The van der Waals surface area contributed by atoms with E-state index < -0.39 is 0 Å². The molecular weight excluding hydrogens is 344 g/mol. The Morgan fingerprint density at radius 3 is 2.69 bits per heavy atom. The Bertz CT molecular complexity index is 743. The van der Waals surface area contributed by atoms with Gasteiger partial charge in [0.05, 0.1) is 0 Å². The summed E-state index contributed by atoms with van der Waals surface area (Å²) in [7, 11) is 0. The van der Waals surface area contributed by atoms with Gasteiger partial charge in [0.15, 0.2) is 5.12 Å². The Hall–Kier alpha value is -1.29. The maximum Gasteiger partial charge on any atom is 0.308 e. The molecule has 1 aromatic rings. The van der Waals surface area contributed by atoms with E-state index >= 15 is 0 Å². The Morgan fingerprint density at radius 1 is 1.15 bits per heavy atom. The van der Waals surface area contributed by atoms with Crippen molar-refractivity contribution in [3.05, 3.63) is 29.3 Å². The molecule has 3 aliphatic carbocycles. The average molecular weight is 373 g/mol. The first-order chi connectivity index (χ1) is 12.4. The van der Waals surface area contributed by atoms with Crippen LogP contribution in [0.25, 0.3) is 0 Å². The second-order valence-electron chi connectivity index (χ2n) is 8.59. The number of ether oxygens (including phenoxy) is 1. The van der Waals surface area contributed by atoms with E-state index in [1.54, 1.807) is 18.7 Å². The van der Waals surface area contributed by atoms with E-state index in [4.69, 9.17) is 4.74 Å². The molecule has 0 saturated heterocycles. The number of benzene rings is 1. The number of fused-ring (bicyclic) bond motifs is 5. The largest absolute Gasteiger partial charge is 0.427 e. The highest BCUT2D eigenvalue weighted by Gasteiger charge is 2.55. The molecule has 0 unspecified atom stereocenters. The summed E-state index contributed by atoms with van der Waals surface area (Å²) in [5.41, 5.74) is 3.15. The summed E-state index contributed by atoms with van der Waals surface area (Å²) in [5.74, 6) is 2.52. The fourth-order valence-electron chi connectivity index (χ4n) is 6.13. The van der Waals surface area contributed by atoms with Gasteiger partial charge < -0.3 is 4.74 Å². The van der Waals surface area contributed by atoms with Crippen LogP contribution in [-0.2, 0) is 16.0 Å². The fraction of sp³-hybridized carbons (Fsp3) is 0.636. The molecule has 0 amide bonds. The van der Waals surface area contributed by atoms with Crippen LogP contribution < -0.4 is 4.74 Å². The molecule has 26 heavy (non-hydrogen) atoms. The summed E-state index contributed by atoms with van der Waals surface area (Å²) in [6.45, 7) is 5.61. The molecule has 3 nitrogen and oxygen atoms in total. The van der Waals surface area contributed by atoms with Crippen molar-refractivity contribution in [2.45, 2.75) is 70.5 Å². The molecule has 0 aliphatic heterocycles. The minimum absolute atomic E-state index is 0.257. The van der Waals surface area contributed by atoms with E-state index in [1.165, 1.54) is 50.2 Å². The molecular formula is C22H28O3S. The Balaban J connectivity index is 1.58. The summed E-state index contributed by atoms with van der Waals surface area (Å²) in [6.07, 6.45) is 7.18. The van der Waals surface area contributed by atoms with Gasteiger partial charge in [0.25, 0.3) is 0 Å². The van der Waals surface area contributed by atoms with Gasteiger partial charge in [-0.3, -0.25) is 9.59 Å². The van der Waals surface area contributed by atoms with Gasteiger partial charge in [-0.2, -0.15) is 0 Å². The zero-order chi connectivity index (χ0) is 18.5. The predicted molar refractivity (Wildman–Crippen MR) is 104 cm³/mol. The number of rotatable bonds is 2. The Morgan fingerprint density at radius 2 is 1.96 bits per heavy atom. The second kappa shape index (κ2) is 6.70. The number of hydrogen-bond donors (Lipinski definition) is 0. The summed E-state index contributed by atoms with van der Waals surface area (Å²) in [4.78, 5) is 22.9. The van der Waals surface area contributed by atoms with E-state index in [1.807, 2.05) is 6.07 Å². The number of hydrogen-bond acceptors (Lipinski definition) is 4. The first-order valence-electron chi connectivity index (χ1n) is 9.87. The van der Waals surface area contributed by atoms with Crippen LogP contribution in [0.3, 0.4) is 0 Å². The van der Waals surface area contributed by atoms with Crippen molar-refractivity contribution in [1.82, 2.24) is 0 Å². The summed E-state index contributed by atoms with van der Waals surface area (Å²) in [5, 5.41) is 0.768. The predicted octanol–water partition coefficient (Wildman–Crippen LogP) is 5.12. The lowest BCUT2D eigenvalue weighted by Crippen LogP contribution is -2.43. The molecule has 0 aromatic heterocycles. The minimum Gasteiger partial charge on any atom is -0.427 e. The van der Waals surface area contributed by atoms with Crippen LogP contribution in [0.1, 0.15) is 69.9 Å². The Labute approximate surface area is 160 Å². The molecule has 4 rings (SSSR count). The third kappa shape index (κ3) is 3.00. The van der Waals surface area contributed by atoms with Gasteiger partial charge in [0.2, 0.25) is 0 Å². The first-order valence-corrected chi connectivity index (χ1v) is 10.7. The van der Waals surface area contributed by atoms with Crippen molar-refractivity contribution in [3.63, 3.8) is 0 Å². The first kappa shape index (κ1) is 18.1. The zero-order valence-corrected chi connectivity index (χ0v) is 16.7. The average Bonchev–Trinajstić information content (AvgIpc) is 2.90. The smallest absolute Gasteiger partial charge is 0.308 e. The second-order valence-corrected chi connectivity index (χ2v) is 9.97. The van der Waals surface area contributed by atoms with Gasteiger partial charge in [-0.25, -0.2) is 0 Å². The Kier molecular flexibility index (Phi) is 4.66. The molecule has 3 aliphatic rings. The lowest BCUT2D eigenvalue weighted by molar-refractivity contribution is -0.131. The van der Waals surface area contributed by atoms with Gasteiger partial charge in [-0.1, -0.05) is 24.8 Å². The monoisotopic (exact) mass is 372 g/mol. The number of carbonyl (C=O) groups excluding carboxylic acids is 2. The maximum atomic E-state index is 11.7. The summed E-state index contributed by atoms with van der Waals surface area (Å²) < 4.78 is 5.28. The highest BCUT2D eigenvalue weighted by molar-refractivity contribution is 8.14. The van der Waals surface area contributed by atoms with E-state index in [-0.39, 0.29) is 11.1 Å². The van der Waals surface area contributed by atoms with E-state index in [0.29, 0.717) is 22.3 Å². The van der Waals surface area contributed by atoms with Crippen LogP contribution in [0.5, 0.6) is 5.75 Å². The molecule has 0 radical (unpaired) electrons. The topological polar surface area (TPSA) is 43.4 Å². The van der Waals surface area contributed by atoms with E-state index in [0.717, 1.165) is 18.3 Å². The molecule has 0 bridgehead atoms. The third-order valence-electron chi connectivity index (χ3n) is 7.18. The molecule has 2 fully saturated rings. The third-order valence-corrected chi connectivity index (χ3v) is 8.57.